The number of thiophene rings is 1. The van der Waals surface area contributed by atoms with Gasteiger partial charge < -0.3 is 5.73 Å². The van der Waals surface area contributed by atoms with Crippen molar-refractivity contribution in [3.05, 3.63) is 38.6 Å². The molecule has 1 heterocycles. The fraction of sp³-hybridized carbons (Fsp3) is 0. The standard InChI is InChI=1S/C10H8Br2N2O2S2/c11-6-1-2-8(7(13)5-6)14-18(15,16)10-4-3-9(12)17-10/h1-5,14H,13H2. The molecule has 0 saturated heterocycles. The summed E-state index contributed by atoms with van der Waals surface area (Å²) in [5, 5.41) is 0. The Bertz CT molecular complexity index is 683. The quantitative estimate of drug-likeness (QED) is 0.757. The average Bonchev–Trinajstić information content (AvgIpc) is 2.70. The summed E-state index contributed by atoms with van der Waals surface area (Å²) in [5.74, 6) is 0. The van der Waals surface area contributed by atoms with E-state index in [0.717, 1.165) is 19.6 Å². The number of rotatable bonds is 3. The molecular formula is C10H8Br2N2O2S2. The molecule has 8 heteroatoms. The molecule has 1 aromatic carbocycles. The van der Waals surface area contributed by atoms with Crippen LogP contribution in [0.4, 0.5) is 11.4 Å². The van der Waals surface area contributed by atoms with Crippen LogP contribution in [0.3, 0.4) is 0 Å². The molecule has 0 unspecified atom stereocenters. The second-order valence-electron chi connectivity index (χ2n) is 3.40. The highest BCUT2D eigenvalue weighted by molar-refractivity contribution is 9.11. The van der Waals surface area contributed by atoms with Crippen LogP contribution in [0.25, 0.3) is 0 Å². The van der Waals surface area contributed by atoms with Crippen LogP contribution in [-0.4, -0.2) is 8.42 Å². The van der Waals surface area contributed by atoms with Gasteiger partial charge in [-0.1, -0.05) is 15.9 Å². The third kappa shape index (κ3) is 3.05. The van der Waals surface area contributed by atoms with Crippen molar-refractivity contribution in [1.82, 2.24) is 0 Å². The van der Waals surface area contributed by atoms with Crippen molar-refractivity contribution < 1.29 is 8.42 Å². The van der Waals surface area contributed by atoms with Gasteiger partial charge >= 0.3 is 0 Å². The number of anilines is 2. The van der Waals surface area contributed by atoms with E-state index in [1.807, 2.05) is 0 Å². The zero-order valence-electron chi connectivity index (χ0n) is 8.85. The van der Waals surface area contributed by atoms with Crippen LogP contribution in [0.5, 0.6) is 0 Å². The third-order valence-electron chi connectivity index (χ3n) is 2.07. The summed E-state index contributed by atoms with van der Waals surface area (Å²) in [6.07, 6.45) is 0. The summed E-state index contributed by atoms with van der Waals surface area (Å²) in [6, 6.07) is 8.19. The van der Waals surface area contributed by atoms with E-state index in [0.29, 0.717) is 11.4 Å². The van der Waals surface area contributed by atoms with Crippen molar-refractivity contribution in [2.45, 2.75) is 4.21 Å². The van der Waals surface area contributed by atoms with E-state index in [-0.39, 0.29) is 4.21 Å². The molecule has 0 amide bonds. The first-order chi connectivity index (χ1) is 8.38. The van der Waals surface area contributed by atoms with Gasteiger partial charge in [-0.25, -0.2) is 8.42 Å². The minimum atomic E-state index is -3.58. The molecule has 0 aliphatic carbocycles. The van der Waals surface area contributed by atoms with E-state index in [1.165, 1.54) is 6.07 Å². The number of halogens is 2. The summed E-state index contributed by atoms with van der Waals surface area (Å²) < 4.78 is 28.4. The second kappa shape index (κ2) is 5.20. The van der Waals surface area contributed by atoms with Gasteiger partial charge in [0, 0.05) is 4.47 Å². The number of sulfonamides is 1. The second-order valence-corrected chi connectivity index (χ2v) is 8.68. The lowest BCUT2D eigenvalue weighted by molar-refractivity contribution is 0.603. The van der Waals surface area contributed by atoms with E-state index in [1.54, 1.807) is 24.3 Å². The fourth-order valence-corrected chi connectivity index (χ4v) is 4.74. The monoisotopic (exact) mass is 410 g/mol. The van der Waals surface area contributed by atoms with Crippen LogP contribution in [0.1, 0.15) is 0 Å². The van der Waals surface area contributed by atoms with Crippen molar-refractivity contribution in [3.8, 4) is 0 Å². The van der Waals surface area contributed by atoms with E-state index < -0.39 is 10.0 Å². The molecule has 2 aromatic rings. The van der Waals surface area contributed by atoms with Gasteiger partial charge in [0.25, 0.3) is 10.0 Å². The molecule has 2 rings (SSSR count). The van der Waals surface area contributed by atoms with Gasteiger partial charge in [-0.3, -0.25) is 4.72 Å². The molecule has 0 fully saturated rings. The fourth-order valence-electron chi connectivity index (χ4n) is 1.26. The summed E-state index contributed by atoms with van der Waals surface area (Å²) in [5.41, 5.74) is 6.48. The first-order valence-corrected chi connectivity index (χ1v) is 8.60. The lowest BCUT2D eigenvalue weighted by Crippen LogP contribution is -2.12. The maximum atomic E-state index is 12.1. The van der Waals surface area contributed by atoms with E-state index in [4.69, 9.17) is 5.73 Å². The van der Waals surface area contributed by atoms with Gasteiger partial charge in [0.15, 0.2) is 0 Å². The zero-order valence-corrected chi connectivity index (χ0v) is 13.7. The smallest absolute Gasteiger partial charge is 0.271 e. The highest BCUT2D eigenvalue weighted by atomic mass is 79.9. The first kappa shape index (κ1) is 13.9. The topological polar surface area (TPSA) is 72.2 Å². The summed E-state index contributed by atoms with van der Waals surface area (Å²) in [4.78, 5) is 0. The Morgan fingerprint density at radius 2 is 1.89 bits per heavy atom. The van der Waals surface area contributed by atoms with Gasteiger partial charge in [-0.2, -0.15) is 0 Å². The van der Waals surface area contributed by atoms with E-state index >= 15 is 0 Å². The lowest BCUT2D eigenvalue weighted by Gasteiger charge is -2.09. The van der Waals surface area contributed by atoms with Crippen molar-refractivity contribution in [2.24, 2.45) is 0 Å². The Balaban J connectivity index is 2.33. The maximum Gasteiger partial charge on any atom is 0.271 e. The van der Waals surface area contributed by atoms with Crippen molar-refractivity contribution in [1.29, 1.82) is 0 Å². The zero-order chi connectivity index (χ0) is 13.3. The number of benzene rings is 1. The van der Waals surface area contributed by atoms with Crippen LogP contribution in [0.2, 0.25) is 0 Å². The molecule has 18 heavy (non-hydrogen) atoms. The lowest BCUT2D eigenvalue weighted by atomic mass is 10.3. The van der Waals surface area contributed by atoms with Crippen LogP contribution >= 0.6 is 43.2 Å². The molecule has 0 saturated carbocycles. The van der Waals surface area contributed by atoms with Gasteiger partial charge in [-0.05, 0) is 46.3 Å². The normalized spacial score (nSPS) is 11.4. The first-order valence-electron chi connectivity index (χ1n) is 4.72. The van der Waals surface area contributed by atoms with E-state index in [9.17, 15) is 8.42 Å². The van der Waals surface area contributed by atoms with Crippen LogP contribution in [-0.2, 0) is 10.0 Å². The van der Waals surface area contributed by atoms with Gasteiger partial charge in [-0.15, -0.1) is 11.3 Å². The Morgan fingerprint density at radius 3 is 2.44 bits per heavy atom. The Hall–Kier alpha value is -0.570. The molecule has 0 bridgehead atoms. The predicted octanol–water partition coefficient (Wildman–Crippen LogP) is 3.66. The molecule has 96 valence electrons. The number of nitrogens with two attached hydrogens (primary N) is 1. The van der Waals surface area contributed by atoms with Gasteiger partial charge in [0.1, 0.15) is 4.21 Å². The minimum Gasteiger partial charge on any atom is -0.397 e. The summed E-state index contributed by atoms with van der Waals surface area (Å²) in [7, 11) is -3.58. The average molecular weight is 412 g/mol. The number of hydrogen-bond donors (Lipinski definition) is 2. The molecule has 1 aromatic heterocycles. The largest absolute Gasteiger partial charge is 0.397 e. The SMILES string of the molecule is Nc1cc(Br)ccc1NS(=O)(=O)c1ccc(Br)s1. The van der Waals surface area contributed by atoms with Crippen LogP contribution in [0, 0.1) is 0 Å². The van der Waals surface area contributed by atoms with Crippen LogP contribution in [0.15, 0.2) is 42.8 Å². The summed E-state index contributed by atoms with van der Waals surface area (Å²) in [6.45, 7) is 0. The maximum absolute atomic E-state index is 12.1. The van der Waals surface area contributed by atoms with Gasteiger partial charge in [0.05, 0.1) is 15.2 Å². The molecule has 0 radical (unpaired) electrons. The molecule has 3 N–H and O–H groups in total. The molecule has 0 spiro atoms. The summed E-state index contributed by atoms with van der Waals surface area (Å²) >= 11 is 7.63. The van der Waals surface area contributed by atoms with Crippen LogP contribution < -0.4 is 10.5 Å². The highest BCUT2D eigenvalue weighted by Gasteiger charge is 2.17. The molecule has 0 aliphatic heterocycles. The minimum absolute atomic E-state index is 0.233. The predicted molar refractivity (Wildman–Crippen MR) is 81.4 cm³/mol. The molecular weight excluding hydrogens is 404 g/mol. The Morgan fingerprint density at radius 1 is 1.17 bits per heavy atom. The third-order valence-corrected chi connectivity index (χ3v) is 6.05. The molecule has 4 nitrogen and oxygen atoms in total. The highest BCUT2D eigenvalue weighted by Crippen LogP contribution is 2.30. The number of nitrogen functional groups attached to an aromatic ring is 1. The molecule has 0 aliphatic rings. The number of hydrogen-bond acceptors (Lipinski definition) is 4. The molecule has 0 atom stereocenters. The van der Waals surface area contributed by atoms with Gasteiger partial charge in [0.2, 0.25) is 0 Å². The van der Waals surface area contributed by atoms with Crippen molar-refractivity contribution in [3.63, 3.8) is 0 Å². The van der Waals surface area contributed by atoms with Crippen molar-refractivity contribution in [2.75, 3.05) is 10.5 Å². The Labute approximate surface area is 126 Å². The number of nitrogens with one attached hydrogen (secondary N) is 1. The van der Waals surface area contributed by atoms with E-state index in [2.05, 4.69) is 36.6 Å². The Kier molecular flexibility index (Phi) is 4.00. The van der Waals surface area contributed by atoms with Crippen molar-refractivity contribution >= 4 is 64.6 Å².